The van der Waals surface area contributed by atoms with Gasteiger partial charge in [0.05, 0.1) is 6.10 Å². The topological polar surface area (TPSA) is 35.5 Å². The lowest BCUT2D eigenvalue weighted by Gasteiger charge is -2.14. The summed E-state index contributed by atoms with van der Waals surface area (Å²) >= 11 is 0. The van der Waals surface area contributed by atoms with Crippen LogP contribution < -0.4 is 5.32 Å². The van der Waals surface area contributed by atoms with Gasteiger partial charge in [-0.2, -0.15) is 0 Å². The van der Waals surface area contributed by atoms with Crippen LogP contribution in [0.15, 0.2) is 0 Å². The third-order valence-corrected chi connectivity index (χ3v) is 2.08. The minimum absolute atomic E-state index is 0.186. The maximum Gasteiger partial charge on any atom is 0.0667 e. The van der Waals surface area contributed by atoms with E-state index < -0.39 is 0 Å². The van der Waals surface area contributed by atoms with Gasteiger partial charge in [-0.05, 0) is 45.9 Å². The van der Waals surface area contributed by atoms with E-state index in [1.54, 1.807) is 0 Å². The molecule has 0 aliphatic rings. The Balaban J connectivity index is 3.19. The van der Waals surface area contributed by atoms with E-state index in [1.165, 1.54) is 0 Å². The van der Waals surface area contributed by atoms with Crippen LogP contribution in [0.5, 0.6) is 0 Å². The Kier molecular flexibility index (Phi) is 8.14. The normalized spacial score (nSPS) is 13.9. The van der Waals surface area contributed by atoms with E-state index in [9.17, 15) is 5.11 Å². The van der Waals surface area contributed by atoms with Crippen LogP contribution >= 0.6 is 0 Å². The van der Waals surface area contributed by atoms with Crippen LogP contribution in [0.4, 0.5) is 0 Å². The average Bonchev–Trinajstić information content (AvgIpc) is 2.01. The second kappa shape index (κ2) is 8.21. The molecule has 14 heavy (non-hydrogen) atoms. The number of rotatable bonds is 8. The molecule has 0 spiro atoms. The summed E-state index contributed by atoms with van der Waals surface area (Å²) in [6, 6.07) is 0. The average molecular weight is 202 g/mol. The van der Waals surface area contributed by atoms with E-state index in [0.717, 1.165) is 32.5 Å². The molecule has 0 aliphatic heterocycles. The molecule has 3 nitrogen and oxygen atoms in total. The maximum absolute atomic E-state index is 9.56. The molecule has 0 fully saturated rings. The summed E-state index contributed by atoms with van der Waals surface area (Å²) in [4.78, 5) is 2.17. The molecule has 0 aromatic heterocycles. The van der Waals surface area contributed by atoms with E-state index in [0.29, 0.717) is 5.92 Å². The van der Waals surface area contributed by atoms with Crippen molar-refractivity contribution in [2.45, 2.75) is 32.8 Å². The van der Waals surface area contributed by atoms with Crippen molar-refractivity contribution >= 4 is 0 Å². The molecule has 0 radical (unpaired) electrons. The van der Waals surface area contributed by atoms with E-state index in [-0.39, 0.29) is 6.10 Å². The van der Waals surface area contributed by atoms with Crippen LogP contribution in [0.1, 0.15) is 26.7 Å². The van der Waals surface area contributed by atoms with Gasteiger partial charge in [0, 0.05) is 6.54 Å². The van der Waals surface area contributed by atoms with E-state index in [4.69, 9.17) is 0 Å². The number of aliphatic hydroxyl groups is 1. The Hall–Kier alpha value is -0.120. The highest BCUT2D eigenvalue weighted by atomic mass is 16.3. The summed E-state index contributed by atoms with van der Waals surface area (Å²) in [5, 5.41) is 12.8. The van der Waals surface area contributed by atoms with Crippen molar-refractivity contribution in [1.82, 2.24) is 10.2 Å². The zero-order chi connectivity index (χ0) is 11.0. The third-order valence-electron chi connectivity index (χ3n) is 2.08. The van der Waals surface area contributed by atoms with Gasteiger partial charge in [-0.15, -0.1) is 0 Å². The van der Waals surface area contributed by atoms with Crippen LogP contribution in [0.2, 0.25) is 0 Å². The molecule has 86 valence electrons. The summed E-state index contributed by atoms with van der Waals surface area (Å²) in [7, 11) is 4.15. The Morgan fingerprint density at radius 2 is 1.93 bits per heavy atom. The first-order valence-electron chi connectivity index (χ1n) is 5.56. The molecule has 0 aliphatic carbocycles. The van der Waals surface area contributed by atoms with Crippen molar-refractivity contribution in [3.8, 4) is 0 Å². The zero-order valence-corrected chi connectivity index (χ0v) is 10.1. The van der Waals surface area contributed by atoms with Gasteiger partial charge in [0.2, 0.25) is 0 Å². The van der Waals surface area contributed by atoms with Crippen molar-refractivity contribution in [1.29, 1.82) is 0 Å². The van der Waals surface area contributed by atoms with Gasteiger partial charge < -0.3 is 15.3 Å². The number of nitrogens with one attached hydrogen (secondary N) is 1. The summed E-state index contributed by atoms with van der Waals surface area (Å²) in [5.41, 5.74) is 0. The van der Waals surface area contributed by atoms with Crippen molar-refractivity contribution in [2.24, 2.45) is 5.92 Å². The fourth-order valence-corrected chi connectivity index (χ4v) is 1.42. The number of hydrogen-bond donors (Lipinski definition) is 2. The van der Waals surface area contributed by atoms with Gasteiger partial charge in [-0.25, -0.2) is 0 Å². The predicted molar refractivity (Wildman–Crippen MR) is 61.5 cm³/mol. The molecule has 0 aromatic rings. The van der Waals surface area contributed by atoms with Crippen molar-refractivity contribution in [3.63, 3.8) is 0 Å². The highest BCUT2D eigenvalue weighted by Gasteiger charge is 2.05. The van der Waals surface area contributed by atoms with Crippen LogP contribution in [0, 0.1) is 5.92 Å². The number of hydrogen-bond acceptors (Lipinski definition) is 3. The van der Waals surface area contributed by atoms with Gasteiger partial charge in [-0.1, -0.05) is 13.8 Å². The van der Waals surface area contributed by atoms with Crippen LogP contribution in [0.3, 0.4) is 0 Å². The molecular formula is C11H26N2O. The van der Waals surface area contributed by atoms with Gasteiger partial charge in [0.15, 0.2) is 0 Å². The fourth-order valence-electron chi connectivity index (χ4n) is 1.42. The van der Waals surface area contributed by atoms with Gasteiger partial charge in [0.1, 0.15) is 0 Å². The molecule has 2 N–H and O–H groups in total. The predicted octanol–water partition coefficient (Wildman–Crippen LogP) is 0.935. The van der Waals surface area contributed by atoms with Crippen molar-refractivity contribution < 1.29 is 5.11 Å². The zero-order valence-electron chi connectivity index (χ0n) is 10.1. The van der Waals surface area contributed by atoms with Crippen LogP contribution in [-0.4, -0.2) is 49.8 Å². The quantitative estimate of drug-likeness (QED) is 0.575. The lowest BCUT2D eigenvalue weighted by atomic mass is 10.1. The molecular weight excluding hydrogens is 176 g/mol. The molecule has 0 saturated heterocycles. The van der Waals surface area contributed by atoms with Crippen LogP contribution in [-0.2, 0) is 0 Å². The summed E-state index contributed by atoms with van der Waals surface area (Å²) in [5.74, 6) is 0.577. The largest absolute Gasteiger partial charge is 0.392 e. The fraction of sp³-hybridized carbons (Fsp3) is 1.00. The Bertz CT molecular complexity index is 126. The number of nitrogens with zero attached hydrogens (tertiary/aromatic N) is 1. The monoisotopic (exact) mass is 202 g/mol. The SMILES string of the molecule is CC(C)CC(O)CNCCCN(C)C. The molecule has 1 atom stereocenters. The Morgan fingerprint density at radius 3 is 2.43 bits per heavy atom. The first kappa shape index (κ1) is 13.9. The smallest absolute Gasteiger partial charge is 0.0667 e. The van der Waals surface area contributed by atoms with Gasteiger partial charge in [-0.3, -0.25) is 0 Å². The minimum atomic E-state index is -0.186. The van der Waals surface area contributed by atoms with E-state index >= 15 is 0 Å². The van der Waals surface area contributed by atoms with Gasteiger partial charge >= 0.3 is 0 Å². The standard InChI is InChI=1S/C11H26N2O/c1-10(2)8-11(14)9-12-6-5-7-13(3)4/h10-12,14H,5-9H2,1-4H3. The Morgan fingerprint density at radius 1 is 1.29 bits per heavy atom. The third kappa shape index (κ3) is 9.96. The maximum atomic E-state index is 9.56. The van der Waals surface area contributed by atoms with Gasteiger partial charge in [0.25, 0.3) is 0 Å². The molecule has 3 heteroatoms. The molecule has 0 aromatic carbocycles. The highest BCUT2D eigenvalue weighted by Crippen LogP contribution is 2.02. The molecule has 0 amide bonds. The molecule has 0 heterocycles. The first-order chi connectivity index (χ1) is 6.52. The van der Waals surface area contributed by atoms with E-state index in [1.807, 2.05) is 0 Å². The van der Waals surface area contributed by atoms with Crippen molar-refractivity contribution in [3.05, 3.63) is 0 Å². The molecule has 0 bridgehead atoms. The molecule has 1 unspecified atom stereocenters. The van der Waals surface area contributed by atoms with Crippen molar-refractivity contribution in [2.75, 3.05) is 33.7 Å². The lowest BCUT2D eigenvalue weighted by molar-refractivity contribution is 0.146. The second-order valence-electron chi connectivity index (χ2n) is 4.64. The summed E-state index contributed by atoms with van der Waals surface area (Å²) in [6.07, 6.45) is 1.84. The summed E-state index contributed by atoms with van der Waals surface area (Å²) in [6.45, 7) is 7.09. The van der Waals surface area contributed by atoms with E-state index in [2.05, 4.69) is 38.2 Å². The summed E-state index contributed by atoms with van der Waals surface area (Å²) < 4.78 is 0. The first-order valence-corrected chi connectivity index (χ1v) is 5.56. The Labute approximate surface area is 88.5 Å². The van der Waals surface area contributed by atoms with Crippen LogP contribution in [0.25, 0.3) is 0 Å². The molecule has 0 saturated carbocycles. The minimum Gasteiger partial charge on any atom is -0.392 e. The highest BCUT2D eigenvalue weighted by molar-refractivity contribution is 4.61. The number of aliphatic hydroxyl groups excluding tert-OH is 1. The molecule has 0 rings (SSSR count). The lowest BCUT2D eigenvalue weighted by Crippen LogP contribution is -2.30. The second-order valence-corrected chi connectivity index (χ2v) is 4.64.